The highest BCUT2D eigenvalue weighted by molar-refractivity contribution is 5.80. The average molecular weight is 301 g/mol. The lowest BCUT2D eigenvalue weighted by Gasteiger charge is -2.17. The second-order valence-corrected chi connectivity index (χ2v) is 6.24. The number of amides is 2. The molecule has 0 bridgehead atoms. The number of nitrogens with one attached hydrogen (secondary N) is 2. The minimum Gasteiger partial charge on any atom is -0.355 e. The van der Waals surface area contributed by atoms with Crippen molar-refractivity contribution in [2.24, 2.45) is 11.8 Å². The van der Waals surface area contributed by atoms with E-state index in [1.807, 2.05) is 35.2 Å². The Kier molecular flexibility index (Phi) is 4.73. The van der Waals surface area contributed by atoms with Gasteiger partial charge in [0.15, 0.2) is 0 Å². The van der Waals surface area contributed by atoms with E-state index in [1.54, 1.807) is 0 Å². The third kappa shape index (κ3) is 3.65. The molecule has 5 heteroatoms. The molecule has 2 atom stereocenters. The molecule has 118 valence electrons. The number of fused-ring (bicyclic) bond motifs is 1. The molecule has 3 rings (SSSR count). The largest absolute Gasteiger partial charge is 0.355 e. The van der Waals surface area contributed by atoms with Crippen molar-refractivity contribution in [2.75, 3.05) is 32.7 Å². The third-order valence-corrected chi connectivity index (χ3v) is 4.61. The molecule has 2 aliphatic rings. The van der Waals surface area contributed by atoms with Crippen molar-refractivity contribution in [1.82, 2.24) is 15.5 Å². The fourth-order valence-corrected chi connectivity index (χ4v) is 3.37. The monoisotopic (exact) mass is 301 g/mol. The van der Waals surface area contributed by atoms with Crippen LogP contribution in [0.2, 0.25) is 0 Å². The second kappa shape index (κ2) is 6.92. The van der Waals surface area contributed by atoms with E-state index in [4.69, 9.17) is 0 Å². The van der Waals surface area contributed by atoms with Crippen LogP contribution in [0.15, 0.2) is 30.3 Å². The summed E-state index contributed by atoms with van der Waals surface area (Å²) in [7, 11) is 0. The molecule has 0 aromatic heterocycles. The van der Waals surface area contributed by atoms with Crippen molar-refractivity contribution < 1.29 is 9.59 Å². The zero-order valence-electron chi connectivity index (χ0n) is 12.8. The van der Waals surface area contributed by atoms with Gasteiger partial charge >= 0.3 is 0 Å². The van der Waals surface area contributed by atoms with Crippen LogP contribution in [-0.4, -0.2) is 49.4 Å². The lowest BCUT2D eigenvalue weighted by molar-refractivity contribution is -0.130. The van der Waals surface area contributed by atoms with Crippen molar-refractivity contribution in [3.8, 4) is 0 Å². The van der Waals surface area contributed by atoms with Gasteiger partial charge in [-0.1, -0.05) is 30.3 Å². The summed E-state index contributed by atoms with van der Waals surface area (Å²) >= 11 is 0. The van der Waals surface area contributed by atoms with E-state index in [9.17, 15) is 9.59 Å². The molecule has 5 nitrogen and oxygen atoms in total. The average Bonchev–Trinajstić information content (AvgIpc) is 3.09. The third-order valence-electron chi connectivity index (χ3n) is 4.61. The smallest absolute Gasteiger partial charge is 0.224 e. The maximum Gasteiger partial charge on any atom is 0.224 e. The van der Waals surface area contributed by atoms with E-state index in [0.717, 1.165) is 31.7 Å². The van der Waals surface area contributed by atoms with Crippen molar-refractivity contribution in [3.05, 3.63) is 35.9 Å². The summed E-state index contributed by atoms with van der Waals surface area (Å²) in [5.74, 6) is 1.38. The summed E-state index contributed by atoms with van der Waals surface area (Å²) in [5.41, 5.74) is 0.992. The summed E-state index contributed by atoms with van der Waals surface area (Å²) in [6, 6.07) is 9.64. The molecule has 1 aromatic rings. The van der Waals surface area contributed by atoms with Crippen LogP contribution in [0.3, 0.4) is 0 Å². The lowest BCUT2D eigenvalue weighted by atomic mass is 10.0. The van der Waals surface area contributed by atoms with E-state index in [-0.39, 0.29) is 11.8 Å². The van der Waals surface area contributed by atoms with Crippen LogP contribution in [0.4, 0.5) is 0 Å². The van der Waals surface area contributed by atoms with Crippen molar-refractivity contribution in [2.45, 2.75) is 12.8 Å². The molecule has 0 radical (unpaired) electrons. The Morgan fingerprint density at radius 3 is 2.50 bits per heavy atom. The Bertz CT molecular complexity index is 520. The Morgan fingerprint density at radius 2 is 1.82 bits per heavy atom. The molecule has 1 aromatic carbocycles. The van der Waals surface area contributed by atoms with E-state index in [2.05, 4.69) is 10.6 Å². The quantitative estimate of drug-likeness (QED) is 0.828. The fraction of sp³-hybridized carbons (Fsp3) is 0.529. The Labute approximate surface area is 131 Å². The van der Waals surface area contributed by atoms with Crippen LogP contribution < -0.4 is 10.6 Å². The van der Waals surface area contributed by atoms with E-state index in [0.29, 0.717) is 31.2 Å². The zero-order chi connectivity index (χ0) is 15.4. The standard InChI is InChI=1S/C17H23N3O2/c21-16(8-13-4-2-1-3-5-13)19-7-6-17(22)20-11-14-9-18-10-15(14)12-20/h1-5,14-15,18H,6-12H2,(H,19,21)/t14-,15+. The topological polar surface area (TPSA) is 61.4 Å². The number of hydrogen-bond donors (Lipinski definition) is 2. The summed E-state index contributed by atoms with van der Waals surface area (Å²) in [4.78, 5) is 26.0. The van der Waals surface area contributed by atoms with Gasteiger partial charge in [-0.2, -0.15) is 0 Å². The maximum atomic E-state index is 12.2. The molecule has 0 saturated carbocycles. The fourth-order valence-electron chi connectivity index (χ4n) is 3.37. The summed E-state index contributed by atoms with van der Waals surface area (Å²) in [5, 5.41) is 6.21. The first-order chi connectivity index (χ1) is 10.7. The van der Waals surface area contributed by atoms with Gasteiger partial charge in [0.25, 0.3) is 0 Å². The molecule has 2 N–H and O–H groups in total. The van der Waals surface area contributed by atoms with Gasteiger partial charge < -0.3 is 15.5 Å². The van der Waals surface area contributed by atoms with Gasteiger partial charge in [-0.25, -0.2) is 0 Å². The van der Waals surface area contributed by atoms with Gasteiger partial charge in [-0.05, 0) is 17.4 Å². The molecule has 0 spiro atoms. The first-order valence-electron chi connectivity index (χ1n) is 8.01. The van der Waals surface area contributed by atoms with Crippen molar-refractivity contribution >= 4 is 11.8 Å². The van der Waals surface area contributed by atoms with Gasteiger partial charge in [0, 0.05) is 39.1 Å². The van der Waals surface area contributed by atoms with Crippen LogP contribution in [0, 0.1) is 11.8 Å². The molecule has 2 heterocycles. The number of nitrogens with zero attached hydrogens (tertiary/aromatic N) is 1. The molecule has 2 fully saturated rings. The highest BCUT2D eigenvalue weighted by Gasteiger charge is 2.37. The van der Waals surface area contributed by atoms with Crippen molar-refractivity contribution in [3.63, 3.8) is 0 Å². The van der Waals surface area contributed by atoms with E-state index < -0.39 is 0 Å². The van der Waals surface area contributed by atoms with Crippen LogP contribution >= 0.6 is 0 Å². The summed E-state index contributed by atoms with van der Waals surface area (Å²) < 4.78 is 0. The number of carbonyl (C=O) groups excluding carboxylic acids is 2. The number of likely N-dealkylation sites (tertiary alicyclic amines) is 1. The zero-order valence-corrected chi connectivity index (χ0v) is 12.8. The van der Waals surface area contributed by atoms with Crippen LogP contribution in [0.1, 0.15) is 12.0 Å². The van der Waals surface area contributed by atoms with Gasteiger partial charge in [0.05, 0.1) is 6.42 Å². The number of carbonyl (C=O) groups is 2. The Hall–Kier alpha value is -1.88. The minimum atomic E-state index is -0.0264. The van der Waals surface area contributed by atoms with Gasteiger partial charge in [-0.3, -0.25) is 9.59 Å². The highest BCUT2D eigenvalue weighted by Crippen LogP contribution is 2.26. The van der Waals surface area contributed by atoms with Gasteiger partial charge in [-0.15, -0.1) is 0 Å². The van der Waals surface area contributed by atoms with Crippen LogP contribution in [0.5, 0.6) is 0 Å². The highest BCUT2D eigenvalue weighted by atomic mass is 16.2. The van der Waals surface area contributed by atoms with Crippen LogP contribution in [0.25, 0.3) is 0 Å². The molecule has 0 unspecified atom stereocenters. The number of rotatable bonds is 5. The Balaban J connectivity index is 1.36. The Morgan fingerprint density at radius 1 is 1.14 bits per heavy atom. The molecular formula is C17H23N3O2. The predicted octanol–water partition coefficient (Wildman–Crippen LogP) is 0.413. The number of benzene rings is 1. The first kappa shape index (κ1) is 15.0. The molecule has 0 aliphatic carbocycles. The van der Waals surface area contributed by atoms with Gasteiger partial charge in [0.2, 0.25) is 11.8 Å². The molecule has 2 saturated heterocycles. The summed E-state index contributed by atoms with van der Waals surface area (Å²) in [6.45, 7) is 4.22. The SMILES string of the molecule is O=C(Cc1ccccc1)NCCC(=O)N1C[C@H]2CNC[C@H]2C1. The van der Waals surface area contributed by atoms with E-state index >= 15 is 0 Å². The van der Waals surface area contributed by atoms with Crippen molar-refractivity contribution in [1.29, 1.82) is 0 Å². The predicted molar refractivity (Wildman–Crippen MR) is 84.2 cm³/mol. The molecular weight excluding hydrogens is 278 g/mol. The lowest BCUT2D eigenvalue weighted by Crippen LogP contribution is -2.35. The maximum absolute atomic E-state index is 12.2. The molecule has 22 heavy (non-hydrogen) atoms. The van der Waals surface area contributed by atoms with Gasteiger partial charge in [0.1, 0.15) is 0 Å². The molecule has 2 amide bonds. The van der Waals surface area contributed by atoms with E-state index in [1.165, 1.54) is 0 Å². The minimum absolute atomic E-state index is 0.0264. The molecule has 2 aliphatic heterocycles. The summed E-state index contributed by atoms with van der Waals surface area (Å²) in [6.07, 6.45) is 0.766. The normalized spacial score (nSPS) is 23.4. The number of hydrogen-bond acceptors (Lipinski definition) is 3. The van der Waals surface area contributed by atoms with Crippen LogP contribution in [-0.2, 0) is 16.0 Å². The second-order valence-electron chi connectivity index (χ2n) is 6.24. The first-order valence-corrected chi connectivity index (χ1v) is 8.01.